The normalized spacial score (nSPS) is 12.0. The van der Waals surface area contributed by atoms with Crippen molar-refractivity contribution in [3.05, 3.63) is 188 Å². The van der Waals surface area contributed by atoms with E-state index in [1.165, 1.54) is 50.3 Å². The van der Waals surface area contributed by atoms with Crippen LogP contribution in [0.5, 0.6) is 0 Å². The first-order chi connectivity index (χ1) is 21.7. The van der Waals surface area contributed by atoms with Crippen molar-refractivity contribution < 1.29 is 0 Å². The van der Waals surface area contributed by atoms with Gasteiger partial charge in [0.05, 0.1) is 0 Å². The molecule has 0 amide bonds. The van der Waals surface area contributed by atoms with E-state index in [2.05, 4.69) is 188 Å². The molecular formula is C43H37N. The van der Waals surface area contributed by atoms with E-state index in [0.29, 0.717) is 0 Å². The summed E-state index contributed by atoms with van der Waals surface area (Å²) in [4.78, 5) is 2.44. The largest absolute Gasteiger partial charge is 0.338 e. The number of allylic oxidation sites excluding steroid dienone is 2. The third-order valence-electron chi connectivity index (χ3n) is 8.15. The van der Waals surface area contributed by atoms with Gasteiger partial charge >= 0.3 is 0 Å². The van der Waals surface area contributed by atoms with Crippen LogP contribution < -0.4 is 4.90 Å². The average molecular weight is 568 g/mol. The van der Waals surface area contributed by atoms with E-state index < -0.39 is 0 Å². The number of anilines is 2. The molecule has 6 aromatic carbocycles. The van der Waals surface area contributed by atoms with Crippen molar-refractivity contribution in [3.8, 4) is 33.4 Å². The third kappa shape index (κ3) is 6.64. The summed E-state index contributed by atoms with van der Waals surface area (Å²) in [5, 5.41) is 0. The Hall–Kier alpha value is -5.40. The molecule has 1 heteroatoms. The molecule has 44 heavy (non-hydrogen) atoms. The Morgan fingerprint density at radius 2 is 0.955 bits per heavy atom. The molecule has 6 aromatic rings. The van der Waals surface area contributed by atoms with Crippen molar-refractivity contribution in [2.45, 2.75) is 19.4 Å². The van der Waals surface area contributed by atoms with Crippen LogP contribution in [0.15, 0.2) is 183 Å². The molecule has 0 aliphatic carbocycles. The molecule has 214 valence electrons. The van der Waals surface area contributed by atoms with Gasteiger partial charge in [0.25, 0.3) is 0 Å². The highest BCUT2D eigenvalue weighted by atomic mass is 15.2. The lowest BCUT2D eigenvalue weighted by Gasteiger charge is -2.31. The molecule has 0 saturated heterocycles. The van der Waals surface area contributed by atoms with Crippen molar-refractivity contribution in [3.63, 3.8) is 0 Å². The zero-order chi connectivity index (χ0) is 30.1. The Labute approximate surface area is 262 Å². The smallest absolute Gasteiger partial charge is 0.0419 e. The SMILES string of the molecule is C=C/C(=C\CC(C)N(c1ccccc1)c1cccc(-c2ccccc2)c1)c1ccc(-c2ccc(-c3ccccc3)cc2)cc1. The van der Waals surface area contributed by atoms with Crippen LogP contribution in [0.4, 0.5) is 11.4 Å². The summed E-state index contributed by atoms with van der Waals surface area (Å²) in [7, 11) is 0. The summed E-state index contributed by atoms with van der Waals surface area (Å²) >= 11 is 0. The molecule has 0 spiro atoms. The van der Waals surface area contributed by atoms with Crippen LogP contribution in [0, 0.1) is 0 Å². The third-order valence-corrected chi connectivity index (χ3v) is 8.15. The van der Waals surface area contributed by atoms with Gasteiger partial charge in [-0.1, -0.05) is 158 Å². The van der Waals surface area contributed by atoms with Crippen molar-refractivity contribution in [1.29, 1.82) is 0 Å². The lowest BCUT2D eigenvalue weighted by molar-refractivity contribution is 0.725. The molecule has 0 aromatic heterocycles. The number of rotatable bonds is 10. The maximum Gasteiger partial charge on any atom is 0.0419 e. The zero-order valence-electron chi connectivity index (χ0n) is 25.2. The molecule has 1 nitrogen and oxygen atoms in total. The molecule has 0 heterocycles. The Bertz CT molecular complexity index is 1820. The van der Waals surface area contributed by atoms with Gasteiger partial charge in [-0.15, -0.1) is 0 Å². The molecule has 0 saturated carbocycles. The Kier molecular flexibility index (Phi) is 8.95. The molecule has 0 bridgehead atoms. The van der Waals surface area contributed by atoms with Crippen LogP contribution in [0.25, 0.3) is 39.0 Å². The molecule has 0 aliphatic heterocycles. The fraction of sp³-hybridized carbons (Fsp3) is 0.0698. The van der Waals surface area contributed by atoms with E-state index >= 15 is 0 Å². The van der Waals surface area contributed by atoms with E-state index in [1.54, 1.807) is 0 Å². The van der Waals surface area contributed by atoms with Crippen LogP contribution in [0.3, 0.4) is 0 Å². The highest BCUT2D eigenvalue weighted by molar-refractivity contribution is 5.77. The van der Waals surface area contributed by atoms with Crippen molar-refractivity contribution >= 4 is 16.9 Å². The van der Waals surface area contributed by atoms with E-state index in [0.717, 1.165) is 12.0 Å². The number of hydrogen-bond donors (Lipinski definition) is 0. The zero-order valence-corrected chi connectivity index (χ0v) is 25.2. The second kappa shape index (κ2) is 13.7. The van der Waals surface area contributed by atoms with Crippen LogP contribution in [0.2, 0.25) is 0 Å². The van der Waals surface area contributed by atoms with Gasteiger partial charge in [0.1, 0.15) is 0 Å². The van der Waals surface area contributed by atoms with Crippen LogP contribution >= 0.6 is 0 Å². The van der Waals surface area contributed by atoms with Crippen molar-refractivity contribution in [2.75, 3.05) is 4.90 Å². The van der Waals surface area contributed by atoms with Gasteiger partial charge < -0.3 is 4.90 Å². The number of hydrogen-bond acceptors (Lipinski definition) is 1. The summed E-state index contributed by atoms with van der Waals surface area (Å²) in [5.74, 6) is 0. The van der Waals surface area contributed by atoms with Gasteiger partial charge in [-0.2, -0.15) is 0 Å². The number of nitrogens with zero attached hydrogens (tertiary/aromatic N) is 1. The Morgan fingerprint density at radius 3 is 1.50 bits per heavy atom. The molecule has 0 aliphatic rings. The fourth-order valence-electron chi connectivity index (χ4n) is 5.78. The Balaban J connectivity index is 1.22. The molecule has 1 unspecified atom stereocenters. The first kappa shape index (κ1) is 28.7. The highest BCUT2D eigenvalue weighted by Crippen LogP contribution is 2.33. The predicted molar refractivity (Wildman–Crippen MR) is 190 cm³/mol. The second-order valence-electron chi connectivity index (χ2n) is 11.1. The lowest BCUT2D eigenvalue weighted by Crippen LogP contribution is -2.28. The van der Waals surface area contributed by atoms with Gasteiger partial charge in [-0.05, 0) is 82.1 Å². The quantitative estimate of drug-likeness (QED) is 0.149. The van der Waals surface area contributed by atoms with E-state index in [-0.39, 0.29) is 6.04 Å². The molecule has 6 rings (SSSR count). The summed E-state index contributed by atoms with van der Waals surface area (Å²) in [6.45, 7) is 6.45. The van der Waals surface area contributed by atoms with Crippen LogP contribution in [-0.4, -0.2) is 6.04 Å². The van der Waals surface area contributed by atoms with E-state index in [9.17, 15) is 0 Å². The predicted octanol–water partition coefficient (Wildman–Crippen LogP) is 11.9. The minimum atomic E-state index is 0.223. The second-order valence-corrected chi connectivity index (χ2v) is 11.1. The van der Waals surface area contributed by atoms with Gasteiger partial charge in [0.15, 0.2) is 0 Å². The molecule has 0 fully saturated rings. The van der Waals surface area contributed by atoms with Crippen LogP contribution in [-0.2, 0) is 0 Å². The minimum absolute atomic E-state index is 0.223. The van der Waals surface area contributed by atoms with Gasteiger partial charge in [-0.3, -0.25) is 0 Å². The maximum atomic E-state index is 4.16. The van der Waals surface area contributed by atoms with E-state index in [1.807, 2.05) is 6.08 Å². The number of para-hydroxylation sites is 1. The molecule has 0 radical (unpaired) electrons. The van der Waals surface area contributed by atoms with Gasteiger partial charge in [0, 0.05) is 17.4 Å². The first-order valence-electron chi connectivity index (χ1n) is 15.3. The Morgan fingerprint density at radius 1 is 0.523 bits per heavy atom. The highest BCUT2D eigenvalue weighted by Gasteiger charge is 2.17. The summed E-state index contributed by atoms with van der Waals surface area (Å²) in [6, 6.07) is 58.4. The van der Waals surface area contributed by atoms with E-state index in [4.69, 9.17) is 0 Å². The fourth-order valence-corrected chi connectivity index (χ4v) is 5.78. The topological polar surface area (TPSA) is 3.24 Å². The van der Waals surface area contributed by atoms with Crippen molar-refractivity contribution in [1.82, 2.24) is 0 Å². The first-order valence-corrected chi connectivity index (χ1v) is 15.3. The lowest BCUT2D eigenvalue weighted by atomic mass is 9.97. The summed E-state index contributed by atoms with van der Waals surface area (Å²) < 4.78 is 0. The molecular weight excluding hydrogens is 530 g/mol. The summed E-state index contributed by atoms with van der Waals surface area (Å²) in [5.41, 5.74) is 12.0. The van der Waals surface area contributed by atoms with Gasteiger partial charge in [-0.25, -0.2) is 0 Å². The summed E-state index contributed by atoms with van der Waals surface area (Å²) in [6.07, 6.45) is 5.16. The monoisotopic (exact) mass is 567 g/mol. The van der Waals surface area contributed by atoms with Crippen molar-refractivity contribution in [2.24, 2.45) is 0 Å². The average Bonchev–Trinajstić information content (AvgIpc) is 3.10. The number of benzene rings is 6. The standard InChI is InChI=1S/C43H37N/c1-3-34(37-24-26-39(27-25-37)40-30-28-38(29-31-40)35-14-7-4-8-15-35)23-22-33(2)44(42-19-11-6-12-20-42)43-21-13-18-41(32-43)36-16-9-5-10-17-36/h3-21,23-33H,1,22H2,2H3/b34-23+. The van der Waals surface area contributed by atoms with Crippen LogP contribution in [0.1, 0.15) is 18.9 Å². The molecule has 0 N–H and O–H groups in total. The van der Waals surface area contributed by atoms with Gasteiger partial charge in [0.2, 0.25) is 0 Å². The minimum Gasteiger partial charge on any atom is -0.338 e. The maximum absolute atomic E-state index is 4.16. The molecule has 1 atom stereocenters.